The molecule has 0 aromatic carbocycles. The van der Waals surface area contributed by atoms with E-state index < -0.39 is 0 Å². The lowest BCUT2D eigenvalue weighted by molar-refractivity contribution is -0.137. The largest absolute Gasteiger partial charge is 0.463 e. The number of allylic oxidation sites excluding steroid dienone is 1. The molecule has 18 heavy (non-hydrogen) atoms. The predicted octanol–water partition coefficient (Wildman–Crippen LogP) is 3.86. The number of carbonyl (C=O) groups is 1. The molecule has 4 heteroatoms. The molecule has 0 spiro atoms. The molecular weight excluding hydrogens is 264 g/mol. The van der Waals surface area contributed by atoms with Gasteiger partial charge in [-0.1, -0.05) is 5.57 Å². The molecule has 1 aliphatic heterocycles. The molecule has 0 aromatic rings. The number of esters is 1. The van der Waals surface area contributed by atoms with Crippen molar-refractivity contribution in [3.8, 4) is 0 Å². The summed E-state index contributed by atoms with van der Waals surface area (Å²) in [5.74, 6) is 3.22. The van der Waals surface area contributed by atoms with Crippen molar-refractivity contribution >= 4 is 29.5 Å². The number of hydrogen-bond acceptors (Lipinski definition) is 4. The average Bonchev–Trinajstić information content (AvgIpc) is 2.40. The molecule has 0 radical (unpaired) electrons. The molecule has 0 amide bonds. The SMILES string of the molecule is CCOC(=O)/C=C1/CCCC(C2SCCCS2)C1. The molecule has 1 unspecified atom stereocenters. The minimum atomic E-state index is -0.155. The van der Waals surface area contributed by atoms with Crippen LogP contribution in [0.5, 0.6) is 0 Å². The van der Waals surface area contributed by atoms with Crippen LogP contribution in [-0.2, 0) is 9.53 Å². The van der Waals surface area contributed by atoms with E-state index in [-0.39, 0.29) is 5.97 Å². The molecule has 1 aliphatic carbocycles. The molecular formula is C14H22O2S2. The molecule has 0 bridgehead atoms. The molecule has 1 saturated carbocycles. The van der Waals surface area contributed by atoms with Gasteiger partial charge in [0, 0.05) is 6.08 Å². The molecule has 0 aromatic heterocycles. The van der Waals surface area contributed by atoms with Crippen molar-refractivity contribution < 1.29 is 9.53 Å². The summed E-state index contributed by atoms with van der Waals surface area (Å²) in [6.07, 6.45) is 7.83. The fourth-order valence-electron chi connectivity index (χ4n) is 2.62. The average molecular weight is 286 g/mol. The molecule has 102 valence electrons. The Hall–Kier alpha value is -0.0900. The standard InChI is InChI=1S/C14H22O2S2/c1-2-16-13(15)10-11-5-3-6-12(9-11)14-17-7-4-8-18-14/h10,12,14H,2-9H2,1H3/b11-10-. The molecule has 2 rings (SSSR count). The number of thioether (sulfide) groups is 2. The predicted molar refractivity (Wildman–Crippen MR) is 80.0 cm³/mol. The van der Waals surface area contributed by atoms with E-state index in [1.807, 2.05) is 6.92 Å². The van der Waals surface area contributed by atoms with Gasteiger partial charge in [0.05, 0.1) is 11.2 Å². The molecule has 1 saturated heterocycles. The van der Waals surface area contributed by atoms with E-state index in [4.69, 9.17) is 4.74 Å². The van der Waals surface area contributed by atoms with Crippen molar-refractivity contribution in [3.63, 3.8) is 0 Å². The van der Waals surface area contributed by atoms with Crippen molar-refractivity contribution in [3.05, 3.63) is 11.6 Å². The van der Waals surface area contributed by atoms with Crippen molar-refractivity contribution in [2.24, 2.45) is 5.92 Å². The summed E-state index contributed by atoms with van der Waals surface area (Å²) in [5.41, 5.74) is 1.30. The minimum absolute atomic E-state index is 0.155. The zero-order valence-electron chi connectivity index (χ0n) is 11.0. The van der Waals surface area contributed by atoms with Crippen LogP contribution in [0.4, 0.5) is 0 Å². The van der Waals surface area contributed by atoms with Crippen LogP contribution in [0.1, 0.15) is 39.0 Å². The Kier molecular flexibility index (Phi) is 5.96. The highest BCUT2D eigenvalue weighted by Crippen LogP contribution is 2.43. The van der Waals surface area contributed by atoms with Crippen LogP contribution in [0, 0.1) is 5.92 Å². The van der Waals surface area contributed by atoms with Gasteiger partial charge in [0.1, 0.15) is 0 Å². The van der Waals surface area contributed by atoms with Crippen LogP contribution in [0.25, 0.3) is 0 Å². The first-order valence-electron chi connectivity index (χ1n) is 6.89. The molecule has 2 aliphatic rings. The number of carbonyl (C=O) groups excluding carboxylic acids is 1. The first-order chi connectivity index (χ1) is 8.79. The van der Waals surface area contributed by atoms with E-state index in [1.165, 1.54) is 36.3 Å². The second-order valence-corrected chi connectivity index (χ2v) is 7.67. The van der Waals surface area contributed by atoms with E-state index >= 15 is 0 Å². The van der Waals surface area contributed by atoms with Crippen LogP contribution in [-0.4, -0.2) is 28.7 Å². The summed E-state index contributed by atoms with van der Waals surface area (Å²) in [4.78, 5) is 11.5. The Balaban J connectivity index is 1.89. The van der Waals surface area contributed by atoms with Gasteiger partial charge in [-0.05, 0) is 56.5 Å². The third-order valence-corrected chi connectivity index (χ3v) is 6.74. The number of hydrogen-bond donors (Lipinski definition) is 0. The van der Waals surface area contributed by atoms with Crippen molar-refractivity contribution in [2.75, 3.05) is 18.1 Å². The number of ether oxygens (including phenoxy) is 1. The van der Waals surface area contributed by atoms with Gasteiger partial charge >= 0.3 is 5.97 Å². The lowest BCUT2D eigenvalue weighted by atomic mass is 9.86. The Labute approximate surface area is 118 Å². The Morgan fingerprint density at radius 3 is 2.89 bits per heavy atom. The number of rotatable bonds is 3. The third-order valence-electron chi connectivity index (χ3n) is 3.44. The van der Waals surface area contributed by atoms with Crippen molar-refractivity contribution in [1.29, 1.82) is 0 Å². The van der Waals surface area contributed by atoms with Gasteiger partial charge in [0.2, 0.25) is 0 Å². The monoisotopic (exact) mass is 286 g/mol. The maximum Gasteiger partial charge on any atom is 0.330 e. The first kappa shape index (κ1) is 14.3. The van der Waals surface area contributed by atoms with Gasteiger partial charge in [0.25, 0.3) is 0 Å². The Morgan fingerprint density at radius 1 is 1.39 bits per heavy atom. The van der Waals surface area contributed by atoms with Crippen molar-refractivity contribution in [2.45, 2.75) is 43.6 Å². The van der Waals surface area contributed by atoms with Crippen LogP contribution < -0.4 is 0 Å². The second-order valence-electron chi connectivity index (χ2n) is 4.87. The van der Waals surface area contributed by atoms with Crippen LogP contribution >= 0.6 is 23.5 Å². The fourth-order valence-corrected chi connectivity index (χ4v) is 5.86. The highest BCUT2D eigenvalue weighted by Gasteiger charge is 2.28. The third kappa shape index (κ3) is 4.23. The van der Waals surface area contributed by atoms with Gasteiger partial charge < -0.3 is 4.74 Å². The lowest BCUT2D eigenvalue weighted by Gasteiger charge is -2.33. The highest BCUT2D eigenvalue weighted by molar-refractivity contribution is 8.17. The van der Waals surface area contributed by atoms with Gasteiger partial charge in [-0.15, -0.1) is 23.5 Å². The van der Waals surface area contributed by atoms with Crippen LogP contribution in [0.2, 0.25) is 0 Å². The lowest BCUT2D eigenvalue weighted by Crippen LogP contribution is -2.22. The summed E-state index contributed by atoms with van der Waals surface area (Å²) in [6, 6.07) is 0. The Morgan fingerprint density at radius 2 is 2.17 bits per heavy atom. The van der Waals surface area contributed by atoms with Crippen LogP contribution in [0.15, 0.2) is 11.6 Å². The van der Waals surface area contributed by atoms with Gasteiger partial charge in [0.15, 0.2) is 0 Å². The normalized spacial score (nSPS) is 28.3. The van der Waals surface area contributed by atoms with E-state index in [0.29, 0.717) is 6.61 Å². The van der Waals surface area contributed by atoms with Gasteiger partial charge in [-0.2, -0.15) is 0 Å². The molecule has 0 N–H and O–H groups in total. The Bertz CT molecular complexity index is 309. The molecule has 2 fully saturated rings. The zero-order chi connectivity index (χ0) is 12.8. The maximum absolute atomic E-state index is 11.5. The molecule has 1 heterocycles. The summed E-state index contributed by atoms with van der Waals surface area (Å²) in [6.45, 7) is 2.33. The smallest absolute Gasteiger partial charge is 0.330 e. The van der Waals surface area contributed by atoms with E-state index in [9.17, 15) is 4.79 Å². The van der Waals surface area contributed by atoms with E-state index in [0.717, 1.165) is 23.3 Å². The van der Waals surface area contributed by atoms with Gasteiger partial charge in [-0.3, -0.25) is 0 Å². The maximum atomic E-state index is 11.5. The van der Waals surface area contributed by atoms with Gasteiger partial charge in [-0.25, -0.2) is 4.79 Å². The summed E-state index contributed by atoms with van der Waals surface area (Å²) < 4.78 is 5.75. The molecule has 2 nitrogen and oxygen atoms in total. The van der Waals surface area contributed by atoms with Crippen molar-refractivity contribution in [1.82, 2.24) is 0 Å². The first-order valence-corrected chi connectivity index (χ1v) is 8.98. The molecule has 1 atom stereocenters. The summed E-state index contributed by atoms with van der Waals surface area (Å²) in [5, 5.41) is 0. The minimum Gasteiger partial charge on any atom is -0.463 e. The summed E-state index contributed by atoms with van der Waals surface area (Å²) >= 11 is 4.24. The van der Waals surface area contributed by atoms with E-state index in [1.54, 1.807) is 6.08 Å². The quantitative estimate of drug-likeness (QED) is 0.581. The van der Waals surface area contributed by atoms with Crippen LogP contribution in [0.3, 0.4) is 0 Å². The topological polar surface area (TPSA) is 26.3 Å². The zero-order valence-corrected chi connectivity index (χ0v) is 12.7. The second kappa shape index (κ2) is 7.49. The summed E-state index contributed by atoms with van der Waals surface area (Å²) in [7, 11) is 0. The highest BCUT2D eigenvalue weighted by atomic mass is 32.2. The fraction of sp³-hybridized carbons (Fsp3) is 0.786. The van der Waals surface area contributed by atoms with E-state index in [2.05, 4.69) is 23.5 Å².